The summed E-state index contributed by atoms with van der Waals surface area (Å²) in [6.07, 6.45) is 8.00. The second kappa shape index (κ2) is 6.01. The smallest absolute Gasteiger partial charge is 0.120 e. The number of hydrogen-bond donors (Lipinski definition) is 1. The van der Waals surface area contributed by atoms with Crippen molar-refractivity contribution in [2.75, 3.05) is 13.1 Å². The van der Waals surface area contributed by atoms with Crippen LogP contribution in [0.4, 0.5) is 0 Å². The highest BCUT2D eigenvalue weighted by Gasteiger charge is 2.43. The fraction of sp³-hybridized carbons (Fsp3) is 0.318. The maximum absolute atomic E-state index is 4.93. The number of benzene rings is 1. The van der Waals surface area contributed by atoms with Gasteiger partial charge in [-0.3, -0.25) is 14.6 Å². The predicted octanol–water partition coefficient (Wildman–Crippen LogP) is 3.27. The normalized spacial score (nSPS) is 21.7. The summed E-state index contributed by atoms with van der Waals surface area (Å²) in [5.74, 6) is 1.05. The lowest BCUT2D eigenvalue weighted by Crippen LogP contribution is -2.28. The number of nitrogens with zero attached hydrogens (tertiary/aromatic N) is 5. The molecule has 6 heteroatoms. The molecule has 6 nitrogen and oxygen atoms in total. The molecule has 1 fully saturated rings. The molecule has 0 bridgehead atoms. The third kappa shape index (κ3) is 2.64. The van der Waals surface area contributed by atoms with Gasteiger partial charge in [0.1, 0.15) is 5.82 Å². The zero-order valence-electron chi connectivity index (χ0n) is 15.7. The largest absolute Gasteiger partial charge is 0.348 e. The molecule has 0 aliphatic carbocycles. The summed E-state index contributed by atoms with van der Waals surface area (Å²) in [6.45, 7) is 4.17. The summed E-state index contributed by atoms with van der Waals surface area (Å²) >= 11 is 0. The summed E-state index contributed by atoms with van der Waals surface area (Å²) in [5, 5.41) is 6.09. The van der Waals surface area contributed by atoms with Gasteiger partial charge in [0.2, 0.25) is 0 Å². The lowest BCUT2D eigenvalue weighted by atomic mass is 9.85. The lowest BCUT2D eigenvalue weighted by Gasteiger charge is -2.22. The third-order valence-corrected chi connectivity index (χ3v) is 6.24. The Bertz CT molecular complexity index is 1120. The van der Waals surface area contributed by atoms with Gasteiger partial charge < -0.3 is 4.98 Å². The van der Waals surface area contributed by atoms with Crippen LogP contribution in [-0.4, -0.2) is 42.7 Å². The first kappa shape index (κ1) is 16.0. The molecular formula is C22H22N6. The Morgan fingerprint density at radius 2 is 2.07 bits per heavy atom. The van der Waals surface area contributed by atoms with E-state index in [0.717, 1.165) is 60.6 Å². The van der Waals surface area contributed by atoms with Gasteiger partial charge in [0.25, 0.3) is 0 Å². The number of H-pyrrole nitrogens is 1. The Labute approximate surface area is 163 Å². The molecule has 0 unspecified atom stereocenters. The highest BCUT2D eigenvalue weighted by Crippen LogP contribution is 2.41. The molecule has 3 aromatic heterocycles. The van der Waals surface area contributed by atoms with Crippen molar-refractivity contribution in [1.29, 1.82) is 0 Å². The van der Waals surface area contributed by atoms with E-state index in [1.54, 1.807) is 0 Å². The van der Waals surface area contributed by atoms with Crippen molar-refractivity contribution in [3.63, 3.8) is 0 Å². The number of aromatic nitrogens is 5. The van der Waals surface area contributed by atoms with Gasteiger partial charge in [-0.25, -0.2) is 4.98 Å². The molecule has 1 spiro atoms. The lowest BCUT2D eigenvalue weighted by molar-refractivity contribution is 0.240. The van der Waals surface area contributed by atoms with Crippen LogP contribution in [0.15, 0.2) is 55.0 Å². The van der Waals surface area contributed by atoms with Gasteiger partial charge in [0.05, 0.1) is 17.8 Å². The Kier molecular flexibility index (Phi) is 3.43. The minimum Gasteiger partial charge on any atom is -0.348 e. The highest BCUT2D eigenvalue weighted by molar-refractivity contribution is 5.82. The summed E-state index contributed by atoms with van der Waals surface area (Å²) < 4.78 is 2.22. The van der Waals surface area contributed by atoms with Gasteiger partial charge in [0.15, 0.2) is 0 Å². The standard InChI is InChI=1S/C22H22N6/c1-2-4-19-16(3-1)9-17(12-25-19)20-10-18-11-22(15-28(18)26-20)5-8-27(14-22)13-21-23-6-7-24-21/h1-4,6-7,9-10,12H,5,8,11,13-15H2,(H,23,24)/t22-/m1/s1. The number of pyridine rings is 1. The number of likely N-dealkylation sites (tertiary alicyclic amines) is 1. The second-order valence-corrected chi connectivity index (χ2v) is 8.27. The van der Waals surface area contributed by atoms with Crippen molar-refractivity contribution in [2.24, 2.45) is 5.41 Å². The van der Waals surface area contributed by atoms with Crippen LogP contribution in [0.5, 0.6) is 0 Å². The molecule has 2 aliphatic rings. The van der Waals surface area contributed by atoms with Crippen LogP contribution >= 0.6 is 0 Å². The van der Waals surface area contributed by atoms with Gasteiger partial charge in [-0.2, -0.15) is 5.10 Å². The second-order valence-electron chi connectivity index (χ2n) is 8.27. The first-order chi connectivity index (χ1) is 13.8. The third-order valence-electron chi connectivity index (χ3n) is 6.24. The van der Waals surface area contributed by atoms with Crippen molar-refractivity contribution in [1.82, 2.24) is 29.6 Å². The molecule has 0 saturated carbocycles. The molecule has 1 aromatic carbocycles. The van der Waals surface area contributed by atoms with E-state index >= 15 is 0 Å². The van der Waals surface area contributed by atoms with E-state index in [4.69, 9.17) is 5.10 Å². The number of fused-ring (bicyclic) bond motifs is 2. The van der Waals surface area contributed by atoms with Crippen molar-refractivity contribution in [2.45, 2.75) is 25.9 Å². The van der Waals surface area contributed by atoms with E-state index in [0.29, 0.717) is 5.41 Å². The van der Waals surface area contributed by atoms with Crippen LogP contribution in [0.25, 0.3) is 22.2 Å². The first-order valence-corrected chi connectivity index (χ1v) is 9.89. The van der Waals surface area contributed by atoms with Gasteiger partial charge >= 0.3 is 0 Å². The molecule has 28 heavy (non-hydrogen) atoms. The van der Waals surface area contributed by atoms with Crippen molar-refractivity contribution < 1.29 is 0 Å². The number of nitrogens with one attached hydrogen (secondary N) is 1. The van der Waals surface area contributed by atoms with E-state index in [-0.39, 0.29) is 0 Å². The Morgan fingerprint density at radius 1 is 1.11 bits per heavy atom. The maximum atomic E-state index is 4.93. The van der Waals surface area contributed by atoms with Crippen LogP contribution in [0, 0.1) is 5.41 Å². The predicted molar refractivity (Wildman–Crippen MR) is 108 cm³/mol. The molecule has 1 N–H and O–H groups in total. The van der Waals surface area contributed by atoms with Crippen LogP contribution in [0.1, 0.15) is 17.9 Å². The molecule has 140 valence electrons. The monoisotopic (exact) mass is 370 g/mol. The van der Waals surface area contributed by atoms with Gasteiger partial charge in [-0.1, -0.05) is 18.2 Å². The van der Waals surface area contributed by atoms with Crippen molar-refractivity contribution in [3.05, 3.63) is 66.5 Å². The number of para-hydroxylation sites is 1. The fourth-order valence-corrected chi connectivity index (χ4v) is 4.88. The number of imidazole rings is 1. The minimum absolute atomic E-state index is 0.328. The number of hydrogen-bond acceptors (Lipinski definition) is 4. The topological polar surface area (TPSA) is 62.6 Å². The molecule has 1 saturated heterocycles. The van der Waals surface area contributed by atoms with Crippen LogP contribution in [0.3, 0.4) is 0 Å². The summed E-state index contributed by atoms with van der Waals surface area (Å²) in [7, 11) is 0. The van der Waals surface area contributed by atoms with E-state index < -0.39 is 0 Å². The first-order valence-electron chi connectivity index (χ1n) is 9.89. The Hall–Kier alpha value is -2.99. The van der Waals surface area contributed by atoms with E-state index in [2.05, 4.69) is 48.8 Å². The van der Waals surface area contributed by atoms with Crippen LogP contribution < -0.4 is 0 Å². The molecule has 4 aromatic rings. The molecule has 5 heterocycles. The van der Waals surface area contributed by atoms with Gasteiger partial charge in [-0.05, 0) is 37.6 Å². The quantitative estimate of drug-likeness (QED) is 0.601. The maximum Gasteiger partial charge on any atom is 0.120 e. The highest BCUT2D eigenvalue weighted by atomic mass is 15.3. The average Bonchev–Trinajstić information content (AvgIpc) is 3.48. The Balaban J connectivity index is 1.21. The fourth-order valence-electron chi connectivity index (χ4n) is 4.88. The van der Waals surface area contributed by atoms with Gasteiger partial charge in [0, 0.05) is 53.7 Å². The Morgan fingerprint density at radius 3 is 2.96 bits per heavy atom. The van der Waals surface area contributed by atoms with Crippen molar-refractivity contribution >= 4 is 10.9 Å². The SMILES string of the molecule is c1ccc2ncc(-c3cc4n(n3)C[C@]3(CCN(Cc5ncc[nH]5)C3)C4)cc2c1. The summed E-state index contributed by atoms with van der Waals surface area (Å²) in [4.78, 5) is 14.7. The van der Waals surface area contributed by atoms with E-state index in [9.17, 15) is 0 Å². The van der Waals surface area contributed by atoms with E-state index in [1.807, 2.05) is 30.7 Å². The molecular weight excluding hydrogens is 348 g/mol. The number of aromatic amines is 1. The molecule has 2 aliphatic heterocycles. The van der Waals surface area contributed by atoms with Crippen LogP contribution in [-0.2, 0) is 19.5 Å². The minimum atomic E-state index is 0.328. The van der Waals surface area contributed by atoms with Crippen molar-refractivity contribution in [3.8, 4) is 11.3 Å². The molecule has 0 radical (unpaired) electrons. The average molecular weight is 370 g/mol. The summed E-state index contributed by atoms with van der Waals surface area (Å²) in [5.41, 5.74) is 4.84. The molecule has 6 rings (SSSR count). The summed E-state index contributed by atoms with van der Waals surface area (Å²) in [6, 6.07) is 12.7. The molecule has 1 atom stereocenters. The number of rotatable bonds is 3. The van der Waals surface area contributed by atoms with Gasteiger partial charge in [-0.15, -0.1) is 0 Å². The van der Waals surface area contributed by atoms with E-state index in [1.165, 1.54) is 12.1 Å². The zero-order chi connectivity index (χ0) is 18.6. The van der Waals surface area contributed by atoms with Crippen LogP contribution in [0.2, 0.25) is 0 Å². The zero-order valence-corrected chi connectivity index (χ0v) is 15.7. The molecule has 0 amide bonds.